The third kappa shape index (κ3) is 3.50. The fourth-order valence-electron chi connectivity index (χ4n) is 1.85. The number of benzene rings is 1. The molecule has 1 aromatic heterocycles. The monoisotopic (exact) mass is 300 g/mol. The lowest BCUT2D eigenvalue weighted by molar-refractivity contribution is -0.111. The molecule has 0 aliphatic heterocycles. The van der Waals surface area contributed by atoms with E-state index in [1.54, 1.807) is 42.1 Å². The Balaban J connectivity index is 2.11. The number of nitrogens with zero attached hydrogens (tertiary/aromatic N) is 3. The summed E-state index contributed by atoms with van der Waals surface area (Å²) in [6.07, 6.45) is 3.00. The number of nitrogens with one attached hydrogen (secondary N) is 1. The molecular formula is C15H13ClN4O. The van der Waals surface area contributed by atoms with Crippen LogP contribution in [-0.2, 0) is 11.8 Å². The molecule has 106 valence electrons. The lowest BCUT2D eigenvalue weighted by Gasteiger charge is -2.01. The zero-order valence-corrected chi connectivity index (χ0v) is 12.3. The minimum absolute atomic E-state index is 0.301. The molecule has 0 unspecified atom stereocenters. The van der Waals surface area contributed by atoms with E-state index in [2.05, 4.69) is 10.4 Å². The van der Waals surface area contributed by atoms with E-state index in [1.807, 2.05) is 13.0 Å². The minimum atomic E-state index is -0.301. The maximum atomic E-state index is 11.9. The molecular weight excluding hydrogens is 288 g/mol. The van der Waals surface area contributed by atoms with E-state index in [4.69, 9.17) is 16.9 Å². The van der Waals surface area contributed by atoms with Gasteiger partial charge in [0.25, 0.3) is 0 Å². The first kappa shape index (κ1) is 14.8. The predicted molar refractivity (Wildman–Crippen MR) is 81.8 cm³/mol. The van der Waals surface area contributed by atoms with Gasteiger partial charge in [-0.3, -0.25) is 9.48 Å². The molecule has 2 aromatic rings. The molecule has 2 rings (SSSR count). The van der Waals surface area contributed by atoms with Crippen molar-refractivity contribution < 1.29 is 4.79 Å². The summed E-state index contributed by atoms with van der Waals surface area (Å²) in [5.74, 6) is -0.301. The van der Waals surface area contributed by atoms with Crippen molar-refractivity contribution in [3.8, 4) is 6.07 Å². The first-order chi connectivity index (χ1) is 10.0. The second-order valence-electron chi connectivity index (χ2n) is 4.43. The highest BCUT2D eigenvalue weighted by atomic mass is 35.5. The molecule has 0 saturated carbocycles. The van der Waals surface area contributed by atoms with Gasteiger partial charge in [-0.2, -0.15) is 10.4 Å². The van der Waals surface area contributed by atoms with Crippen molar-refractivity contribution in [3.63, 3.8) is 0 Å². The number of nitriles is 1. The van der Waals surface area contributed by atoms with Crippen molar-refractivity contribution >= 4 is 29.3 Å². The maximum absolute atomic E-state index is 11.9. The fraction of sp³-hybridized carbons (Fsp3) is 0.133. The first-order valence-corrected chi connectivity index (χ1v) is 6.57. The van der Waals surface area contributed by atoms with E-state index in [0.717, 1.165) is 5.69 Å². The number of aryl methyl sites for hydroxylation is 2. The van der Waals surface area contributed by atoms with E-state index in [0.29, 0.717) is 22.0 Å². The number of rotatable bonds is 3. The summed E-state index contributed by atoms with van der Waals surface area (Å²) in [6, 6.07) is 8.72. The summed E-state index contributed by atoms with van der Waals surface area (Å²) in [7, 11) is 1.74. The highest BCUT2D eigenvalue weighted by Crippen LogP contribution is 2.20. The molecule has 0 spiro atoms. The zero-order chi connectivity index (χ0) is 15.4. The van der Waals surface area contributed by atoms with Crippen molar-refractivity contribution in [2.75, 3.05) is 5.32 Å². The number of hydrogen-bond acceptors (Lipinski definition) is 3. The van der Waals surface area contributed by atoms with Crippen molar-refractivity contribution in [1.82, 2.24) is 9.78 Å². The van der Waals surface area contributed by atoms with Crippen LogP contribution in [0.15, 0.2) is 30.3 Å². The number of hydrogen-bond donors (Lipinski definition) is 1. The summed E-state index contributed by atoms with van der Waals surface area (Å²) < 4.78 is 1.55. The minimum Gasteiger partial charge on any atom is -0.322 e. The number of carbonyl (C=O) groups excluding carboxylic acids is 1. The first-order valence-electron chi connectivity index (χ1n) is 6.19. The Morgan fingerprint density at radius 1 is 1.52 bits per heavy atom. The highest BCUT2D eigenvalue weighted by molar-refractivity contribution is 6.31. The molecule has 6 heteroatoms. The number of carbonyl (C=O) groups is 1. The molecule has 0 aliphatic carbocycles. The van der Waals surface area contributed by atoms with Gasteiger partial charge >= 0.3 is 0 Å². The van der Waals surface area contributed by atoms with Gasteiger partial charge < -0.3 is 5.32 Å². The van der Waals surface area contributed by atoms with Gasteiger partial charge in [0, 0.05) is 24.4 Å². The van der Waals surface area contributed by atoms with E-state index in [9.17, 15) is 4.79 Å². The SMILES string of the molecule is Cc1nn(C)c(Cl)c1/C=C/C(=O)Nc1cccc(C#N)c1. The van der Waals surface area contributed by atoms with Crippen LogP contribution >= 0.6 is 11.6 Å². The van der Waals surface area contributed by atoms with Crippen molar-refractivity contribution in [2.45, 2.75) is 6.92 Å². The second-order valence-corrected chi connectivity index (χ2v) is 4.79. The molecule has 1 amide bonds. The quantitative estimate of drug-likeness (QED) is 0.886. The van der Waals surface area contributed by atoms with E-state index in [-0.39, 0.29) is 5.91 Å². The van der Waals surface area contributed by atoms with Crippen LogP contribution in [-0.4, -0.2) is 15.7 Å². The Morgan fingerprint density at radius 3 is 2.90 bits per heavy atom. The van der Waals surface area contributed by atoms with Gasteiger partial charge in [0.2, 0.25) is 5.91 Å². The Bertz CT molecular complexity index is 756. The number of anilines is 1. The number of halogens is 1. The highest BCUT2D eigenvalue weighted by Gasteiger charge is 2.08. The van der Waals surface area contributed by atoms with Crippen LogP contribution in [0.2, 0.25) is 5.15 Å². The second kappa shape index (κ2) is 6.25. The predicted octanol–water partition coefficient (Wildman–Crippen LogP) is 2.91. The molecule has 0 radical (unpaired) electrons. The van der Waals surface area contributed by atoms with Crippen molar-refractivity contribution in [2.24, 2.45) is 7.05 Å². The van der Waals surface area contributed by atoms with Gasteiger partial charge in [-0.1, -0.05) is 17.7 Å². The van der Waals surface area contributed by atoms with E-state index in [1.165, 1.54) is 6.08 Å². The van der Waals surface area contributed by atoms with Crippen molar-refractivity contribution in [3.05, 3.63) is 52.3 Å². The Hall–Kier alpha value is -2.58. The summed E-state index contributed by atoms with van der Waals surface area (Å²) >= 11 is 6.08. The Labute approximate surface area is 127 Å². The average Bonchev–Trinajstić information content (AvgIpc) is 2.70. The smallest absolute Gasteiger partial charge is 0.248 e. The zero-order valence-electron chi connectivity index (χ0n) is 11.6. The van der Waals surface area contributed by atoms with Crippen LogP contribution in [0, 0.1) is 18.3 Å². The molecule has 21 heavy (non-hydrogen) atoms. The van der Waals surface area contributed by atoms with E-state index >= 15 is 0 Å². The third-order valence-corrected chi connectivity index (χ3v) is 3.30. The van der Waals surface area contributed by atoms with Crippen molar-refractivity contribution in [1.29, 1.82) is 5.26 Å². The van der Waals surface area contributed by atoms with Crippen LogP contribution in [0.25, 0.3) is 6.08 Å². The van der Waals surface area contributed by atoms with Crippen LogP contribution in [0.4, 0.5) is 5.69 Å². The molecule has 1 N–H and O–H groups in total. The largest absolute Gasteiger partial charge is 0.322 e. The van der Waals surface area contributed by atoms with Gasteiger partial charge in [-0.25, -0.2) is 0 Å². The molecule has 5 nitrogen and oxygen atoms in total. The van der Waals surface area contributed by atoms with Gasteiger partial charge in [0.1, 0.15) is 5.15 Å². The lowest BCUT2D eigenvalue weighted by Crippen LogP contribution is -2.07. The third-order valence-electron chi connectivity index (χ3n) is 2.86. The van der Waals surface area contributed by atoms with Gasteiger partial charge in [-0.05, 0) is 31.2 Å². The topological polar surface area (TPSA) is 70.7 Å². The number of amides is 1. The normalized spacial score (nSPS) is 10.6. The van der Waals surface area contributed by atoms with Crippen LogP contribution in [0.5, 0.6) is 0 Å². The molecule has 0 saturated heterocycles. The van der Waals surface area contributed by atoms with Crippen LogP contribution < -0.4 is 5.32 Å². The Morgan fingerprint density at radius 2 is 2.29 bits per heavy atom. The summed E-state index contributed by atoms with van der Waals surface area (Å²) in [4.78, 5) is 11.9. The molecule has 1 aromatic carbocycles. The van der Waals surface area contributed by atoms with Gasteiger partial charge in [0.05, 0.1) is 17.3 Å². The lowest BCUT2D eigenvalue weighted by atomic mass is 10.2. The molecule has 1 heterocycles. The van der Waals surface area contributed by atoms with Gasteiger partial charge in [0.15, 0.2) is 0 Å². The molecule has 0 fully saturated rings. The summed E-state index contributed by atoms with van der Waals surface area (Å²) in [5.41, 5.74) is 2.51. The Kier molecular flexibility index (Phi) is 4.41. The van der Waals surface area contributed by atoms with E-state index < -0.39 is 0 Å². The summed E-state index contributed by atoms with van der Waals surface area (Å²) in [6.45, 7) is 1.82. The van der Waals surface area contributed by atoms with Crippen LogP contribution in [0.3, 0.4) is 0 Å². The van der Waals surface area contributed by atoms with Gasteiger partial charge in [-0.15, -0.1) is 0 Å². The molecule has 0 atom stereocenters. The fourth-order valence-corrected chi connectivity index (χ4v) is 2.08. The number of aromatic nitrogens is 2. The average molecular weight is 301 g/mol. The van der Waals surface area contributed by atoms with Crippen LogP contribution in [0.1, 0.15) is 16.8 Å². The molecule has 0 bridgehead atoms. The summed E-state index contributed by atoms with van der Waals surface area (Å²) in [5, 5.41) is 16.1. The standard InChI is InChI=1S/C15H13ClN4O/c1-10-13(15(16)20(2)19-10)6-7-14(21)18-12-5-3-4-11(8-12)9-17/h3-8H,1-2H3,(H,18,21)/b7-6+. The molecule has 0 aliphatic rings. The maximum Gasteiger partial charge on any atom is 0.248 e.